The van der Waals surface area contributed by atoms with E-state index in [1.807, 2.05) is 0 Å². The first-order chi connectivity index (χ1) is 15.0. The normalized spacial score (nSPS) is 15.0. The lowest BCUT2D eigenvalue weighted by molar-refractivity contribution is -0.118. The lowest BCUT2D eigenvalue weighted by Gasteiger charge is -2.30. The lowest BCUT2D eigenvalue weighted by Crippen LogP contribution is -2.36. The molecule has 0 aliphatic carbocycles. The monoisotopic (exact) mass is 442 g/mol. The van der Waals surface area contributed by atoms with Crippen molar-refractivity contribution in [2.75, 3.05) is 10.7 Å². The topological polar surface area (TPSA) is 68.2 Å². The van der Waals surface area contributed by atoms with Crippen molar-refractivity contribution in [3.05, 3.63) is 59.7 Å². The number of halogens is 2. The fourth-order valence-corrected chi connectivity index (χ4v) is 4.20. The maximum absolute atomic E-state index is 14.7. The minimum Gasteiger partial charge on any atom is -0.447 e. The van der Waals surface area contributed by atoms with Crippen molar-refractivity contribution in [1.29, 1.82) is 0 Å². The van der Waals surface area contributed by atoms with Crippen LogP contribution in [0.15, 0.2) is 47.6 Å². The van der Waals surface area contributed by atoms with Crippen molar-refractivity contribution >= 4 is 23.4 Å². The van der Waals surface area contributed by atoms with Gasteiger partial charge in [0.2, 0.25) is 23.2 Å². The minimum absolute atomic E-state index is 0.110. The van der Waals surface area contributed by atoms with Crippen LogP contribution in [0.25, 0.3) is 11.3 Å². The molecule has 1 atom stereocenters. The zero-order valence-corrected chi connectivity index (χ0v) is 17.8. The quantitative estimate of drug-likeness (QED) is 0.402. The zero-order valence-electron chi connectivity index (χ0n) is 17.0. The third-order valence-electron chi connectivity index (χ3n) is 4.83. The van der Waals surface area contributed by atoms with Gasteiger partial charge in [0.05, 0.1) is 11.3 Å². The van der Waals surface area contributed by atoms with E-state index in [2.05, 4.69) is 22.1 Å². The Morgan fingerprint density at radius 2 is 1.97 bits per heavy atom. The van der Waals surface area contributed by atoms with E-state index in [0.717, 1.165) is 24.7 Å². The van der Waals surface area contributed by atoms with Crippen LogP contribution in [0.1, 0.15) is 38.5 Å². The van der Waals surface area contributed by atoms with Crippen LogP contribution < -0.4 is 9.64 Å². The molecule has 0 saturated heterocycles. The Kier molecular flexibility index (Phi) is 6.13. The Morgan fingerprint density at radius 3 is 2.74 bits per heavy atom. The number of fused-ring (bicyclic) bond motifs is 3. The number of carbonyl (C=O) groups is 1. The summed E-state index contributed by atoms with van der Waals surface area (Å²) >= 11 is 1.44. The molecule has 6 nitrogen and oxygen atoms in total. The highest BCUT2D eigenvalue weighted by atomic mass is 32.2. The number of nitrogens with zero attached hydrogens (tertiary/aromatic N) is 4. The molecule has 0 radical (unpaired) electrons. The van der Waals surface area contributed by atoms with Crippen LogP contribution in [0.3, 0.4) is 0 Å². The first-order valence-electron chi connectivity index (χ1n) is 9.88. The first kappa shape index (κ1) is 21.2. The summed E-state index contributed by atoms with van der Waals surface area (Å²) in [6.45, 7) is 3.43. The molecule has 0 N–H and O–H groups in total. The summed E-state index contributed by atoms with van der Waals surface area (Å²) in [5, 5.41) is 8.90. The maximum atomic E-state index is 14.7. The molecule has 1 aliphatic rings. The van der Waals surface area contributed by atoms with Gasteiger partial charge in [-0.1, -0.05) is 55.4 Å². The molecule has 4 rings (SSSR count). The summed E-state index contributed by atoms with van der Waals surface area (Å²) in [5.74, 6) is -1.59. The summed E-state index contributed by atoms with van der Waals surface area (Å²) in [4.78, 5) is 18.4. The Morgan fingerprint density at radius 1 is 1.16 bits per heavy atom. The van der Waals surface area contributed by atoms with Gasteiger partial charge in [0.15, 0.2) is 17.3 Å². The molecular formula is C22H20F2N4O2S. The van der Waals surface area contributed by atoms with Crippen molar-refractivity contribution in [3.63, 3.8) is 0 Å². The minimum atomic E-state index is -1.26. The molecule has 0 saturated carbocycles. The van der Waals surface area contributed by atoms with Crippen molar-refractivity contribution in [1.82, 2.24) is 15.2 Å². The molecule has 1 aromatic heterocycles. The van der Waals surface area contributed by atoms with Crippen LogP contribution in [0, 0.1) is 11.6 Å². The maximum Gasteiger partial charge on any atom is 0.247 e. The summed E-state index contributed by atoms with van der Waals surface area (Å²) in [5.41, 5.74) is 1.24. The molecule has 0 bridgehead atoms. The lowest BCUT2D eigenvalue weighted by atomic mass is 10.1. The smallest absolute Gasteiger partial charge is 0.247 e. The Hall–Kier alpha value is -3.07. The van der Waals surface area contributed by atoms with Gasteiger partial charge in [-0.2, -0.15) is 4.98 Å². The number of amides is 1. The molecule has 0 spiro atoms. The number of carbonyl (C=O) groups excluding carboxylic acids is 1. The van der Waals surface area contributed by atoms with Gasteiger partial charge in [0, 0.05) is 18.2 Å². The number of unbranched alkanes of at least 4 members (excludes halogenated alkanes) is 1. The largest absolute Gasteiger partial charge is 0.447 e. The van der Waals surface area contributed by atoms with E-state index in [4.69, 9.17) is 4.74 Å². The van der Waals surface area contributed by atoms with E-state index in [0.29, 0.717) is 22.1 Å². The molecule has 2 heterocycles. The molecule has 31 heavy (non-hydrogen) atoms. The van der Waals surface area contributed by atoms with Crippen molar-refractivity contribution in [3.8, 4) is 17.1 Å². The van der Waals surface area contributed by atoms with Crippen molar-refractivity contribution in [2.45, 2.75) is 38.1 Å². The molecule has 1 amide bonds. The highest BCUT2D eigenvalue weighted by molar-refractivity contribution is 7.99. The van der Waals surface area contributed by atoms with Crippen LogP contribution in [0.4, 0.5) is 14.5 Å². The third kappa shape index (κ3) is 4.10. The van der Waals surface area contributed by atoms with Crippen LogP contribution in [0.2, 0.25) is 0 Å². The number of hydrogen-bond acceptors (Lipinski definition) is 6. The Labute approximate surface area is 182 Å². The fourth-order valence-electron chi connectivity index (χ4n) is 3.34. The highest BCUT2D eigenvalue weighted by Crippen LogP contribution is 2.43. The predicted octanol–water partition coefficient (Wildman–Crippen LogP) is 5.15. The molecule has 160 valence electrons. The predicted molar refractivity (Wildman–Crippen MR) is 114 cm³/mol. The second kappa shape index (κ2) is 8.97. The third-order valence-corrected chi connectivity index (χ3v) is 5.75. The van der Waals surface area contributed by atoms with E-state index in [-0.39, 0.29) is 11.4 Å². The summed E-state index contributed by atoms with van der Waals surface area (Å²) in [6, 6.07) is 10.8. The van der Waals surface area contributed by atoms with Gasteiger partial charge < -0.3 is 4.74 Å². The summed E-state index contributed by atoms with van der Waals surface area (Å²) in [7, 11) is 0. The van der Waals surface area contributed by atoms with E-state index < -0.39 is 23.8 Å². The second-order valence-electron chi connectivity index (χ2n) is 6.97. The number of benzene rings is 2. The zero-order chi connectivity index (χ0) is 22.0. The number of hydrogen-bond donors (Lipinski definition) is 0. The summed E-state index contributed by atoms with van der Waals surface area (Å²) in [6.07, 6.45) is 0.758. The molecule has 2 aromatic carbocycles. The molecule has 0 fully saturated rings. The van der Waals surface area contributed by atoms with Crippen molar-refractivity contribution < 1.29 is 18.3 Å². The number of ether oxygens (including phenoxy) is 1. The average molecular weight is 442 g/mol. The van der Waals surface area contributed by atoms with Crippen LogP contribution >= 0.6 is 11.8 Å². The van der Waals surface area contributed by atoms with Gasteiger partial charge >= 0.3 is 0 Å². The number of para-hydroxylation sites is 1. The van der Waals surface area contributed by atoms with Crippen molar-refractivity contribution in [2.24, 2.45) is 0 Å². The van der Waals surface area contributed by atoms with Gasteiger partial charge in [-0.05, 0) is 18.6 Å². The van der Waals surface area contributed by atoms with Gasteiger partial charge in [-0.15, -0.1) is 10.2 Å². The van der Waals surface area contributed by atoms with Crippen LogP contribution in [0.5, 0.6) is 5.88 Å². The van der Waals surface area contributed by atoms with E-state index in [1.165, 1.54) is 35.7 Å². The fraction of sp³-hybridized carbons (Fsp3) is 0.273. The number of anilines is 1. The van der Waals surface area contributed by atoms with E-state index in [1.54, 1.807) is 24.3 Å². The summed E-state index contributed by atoms with van der Waals surface area (Å²) < 4.78 is 34.8. The molecule has 9 heteroatoms. The SMILES string of the molecule is CCCCSc1nnc2c(n1)O[C@H](c1cccc(F)c1F)N(C(C)=O)c1ccccc1-2. The molecule has 1 aliphatic heterocycles. The van der Waals surface area contributed by atoms with Gasteiger partial charge in [-0.3, -0.25) is 9.69 Å². The standard InChI is InChI=1S/C22H20F2N4O2S/c1-3-4-12-31-22-25-20-19(26-27-22)14-8-5-6-11-17(14)28(13(2)29)21(30-20)15-9-7-10-16(23)18(15)24/h5-11,21H,3-4,12H2,1-2H3/t21-/m1/s1. The Balaban J connectivity index is 1.89. The Bertz CT molecular complexity index is 1130. The molecule has 3 aromatic rings. The van der Waals surface area contributed by atoms with Gasteiger partial charge in [-0.25, -0.2) is 8.78 Å². The number of thioether (sulfide) groups is 1. The van der Waals surface area contributed by atoms with Crippen LogP contribution in [-0.2, 0) is 4.79 Å². The molecule has 0 unspecified atom stereocenters. The van der Waals surface area contributed by atoms with E-state index in [9.17, 15) is 13.6 Å². The van der Waals surface area contributed by atoms with E-state index >= 15 is 0 Å². The number of rotatable bonds is 5. The van der Waals surface area contributed by atoms with Gasteiger partial charge in [0.25, 0.3) is 0 Å². The highest BCUT2D eigenvalue weighted by Gasteiger charge is 2.36. The first-order valence-corrected chi connectivity index (χ1v) is 10.9. The average Bonchev–Trinajstić information content (AvgIpc) is 2.90. The second-order valence-corrected chi connectivity index (χ2v) is 8.03. The number of aromatic nitrogens is 3. The molecular weight excluding hydrogens is 422 g/mol. The van der Waals surface area contributed by atoms with Crippen LogP contribution in [-0.4, -0.2) is 26.8 Å². The van der Waals surface area contributed by atoms with Gasteiger partial charge in [0.1, 0.15) is 0 Å².